The normalized spacial score (nSPS) is 28.9. The predicted octanol–water partition coefficient (Wildman–Crippen LogP) is 4.29. The summed E-state index contributed by atoms with van der Waals surface area (Å²) in [6, 6.07) is 10.7. The highest BCUT2D eigenvalue weighted by molar-refractivity contribution is 7.25. The van der Waals surface area contributed by atoms with E-state index in [4.69, 9.17) is 9.42 Å². The molecule has 19 heavy (non-hydrogen) atoms. The molecule has 1 aromatic carbocycles. The van der Waals surface area contributed by atoms with Crippen molar-refractivity contribution >= 4 is 9.03 Å². The fourth-order valence-electron chi connectivity index (χ4n) is 3.43. The van der Waals surface area contributed by atoms with E-state index in [1.807, 2.05) is 0 Å². The molecule has 1 fully saturated rings. The molecule has 1 saturated carbocycles. The third-order valence-electron chi connectivity index (χ3n) is 4.70. The number of rotatable bonds is 4. The zero-order valence-corrected chi connectivity index (χ0v) is 13.1. The SMILES string of the molecule is C[C@@H]1CC[C@@H](C(C)(C)c2ccccc2)[C@H](OPO)C1. The van der Waals surface area contributed by atoms with Crippen molar-refractivity contribution in [3.63, 3.8) is 0 Å². The Morgan fingerprint density at radius 2 is 1.89 bits per heavy atom. The molecular formula is C16H25O2P. The van der Waals surface area contributed by atoms with Gasteiger partial charge in [-0.3, -0.25) is 0 Å². The van der Waals surface area contributed by atoms with Crippen molar-refractivity contribution < 1.29 is 9.42 Å². The van der Waals surface area contributed by atoms with Crippen molar-refractivity contribution in [2.75, 3.05) is 0 Å². The van der Waals surface area contributed by atoms with E-state index in [1.54, 1.807) is 0 Å². The number of benzene rings is 1. The molecule has 0 amide bonds. The van der Waals surface area contributed by atoms with Crippen molar-refractivity contribution in [2.45, 2.75) is 51.6 Å². The van der Waals surface area contributed by atoms with Crippen LogP contribution in [0.2, 0.25) is 0 Å². The summed E-state index contributed by atoms with van der Waals surface area (Å²) in [5, 5.41) is 0. The largest absolute Gasteiger partial charge is 0.352 e. The van der Waals surface area contributed by atoms with E-state index in [1.165, 1.54) is 18.4 Å². The Labute approximate surface area is 118 Å². The van der Waals surface area contributed by atoms with Gasteiger partial charge in [0.05, 0.1) is 6.10 Å². The highest BCUT2D eigenvalue weighted by atomic mass is 31.1. The molecule has 0 bridgehead atoms. The molecule has 1 aromatic rings. The molecule has 2 nitrogen and oxygen atoms in total. The summed E-state index contributed by atoms with van der Waals surface area (Å²) in [5.74, 6) is 1.18. The lowest BCUT2D eigenvalue weighted by Crippen LogP contribution is -2.41. The van der Waals surface area contributed by atoms with Crippen LogP contribution >= 0.6 is 9.03 Å². The third kappa shape index (κ3) is 3.37. The maximum atomic E-state index is 9.16. The first-order chi connectivity index (χ1) is 9.05. The lowest BCUT2D eigenvalue weighted by Gasteiger charge is -2.44. The summed E-state index contributed by atoms with van der Waals surface area (Å²) in [4.78, 5) is 9.16. The van der Waals surface area contributed by atoms with Crippen LogP contribution in [0.3, 0.4) is 0 Å². The molecular weight excluding hydrogens is 255 g/mol. The third-order valence-corrected chi connectivity index (χ3v) is 5.11. The van der Waals surface area contributed by atoms with E-state index in [0.717, 1.165) is 6.42 Å². The Bertz CT molecular complexity index is 391. The molecule has 0 heterocycles. The molecule has 1 aliphatic carbocycles. The summed E-state index contributed by atoms with van der Waals surface area (Å²) in [5.41, 5.74) is 1.45. The molecule has 0 aromatic heterocycles. The van der Waals surface area contributed by atoms with Gasteiger partial charge in [0.15, 0.2) is 9.03 Å². The number of hydrogen-bond acceptors (Lipinski definition) is 2. The first-order valence-corrected chi connectivity index (χ1v) is 8.01. The van der Waals surface area contributed by atoms with Crippen LogP contribution in [0.25, 0.3) is 0 Å². The highest BCUT2D eigenvalue weighted by Crippen LogP contribution is 2.44. The predicted molar refractivity (Wildman–Crippen MR) is 81.4 cm³/mol. The molecule has 1 unspecified atom stereocenters. The van der Waals surface area contributed by atoms with E-state index in [9.17, 15) is 0 Å². The van der Waals surface area contributed by atoms with E-state index in [2.05, 4.69) is 51.1 Å². The molecule has 1 aliphatic rings. The maximum Gasteiger partial charge on any atom is 0.152 e. The van der Waals surface area contributed by atoms with Gasteiger partial charge in [0.1, 0.15) is 0 Å². The van der Waals surface area contributed by atoms with E-state index in [-0.39, 0.29) is 11.5 Å². The molecule has 1 N–H and O–H groups in total. The summed E-state index contributed by atoms with van der Waals surface area (Å²) >= 11 is 0. The van der Waals surface area contributed by atoms with Gasteiger partial charge < -0.3 is 9.42 Å². The van der Waals surface area contributed by atoms with Gasteiger partial charge in [-0.15, -0.1) is 0 Å². The average Bonchev–Trinajstić information content (AvgIpc) is 2.40. The molecule has 2 rings (SSSR count). The van der Waals surface area contributed by atoms with E-state index in [0.29, 0.717) is 11.8 Å². The van der Waals surface area contributed by atoms with Crippen LogP contribution in [0.4, 0.5) is 0 Å². The summed E-state index contributed by atoms with van der Waals surface area (Å²) in [6.07, 6.45) is 3.68. The van der Waals surface area contributed by atoms with Crippen LogP contribution in [-0.2, 0) is 9.94 Å². The second kappa shape index (κ2) is 6.35. The fourth-order valence-corrected chi connectivity index (χ4v) is 3.83. The van der Waals surface area contributed by atoms with Gasteiger partial charge in [-0.2, -0.15) is 0 Å². The van der Waals surface area contributed by atoms with Crippen molar-refractivity contribution in [3.05, 3.63) is 35.9 Å². The topological polar surface area (TPSA) is 29.5 Å². The van der Waals surface area contributed by atoms with Crippen LogP contribution < -0.4 is 0 Å². The van der Waals surface area contributed by atoms with Crippen LogP contribution in [0.15, 0.2) is 30.3 Å². The molecule has 0 aliphatic heterocycles. The van der Waals surface area contributed by atoms with Crippen molar-refractivity contribution in [3.8, 4) is 0 Å². The molecule has 3 heteroatoms. The molecule has 4 atom stereocenters. The molecule has 0 radical (unpaired) electrons. The fraction of sp³-hybridized carbons (Fsp3) is 0.625. The minimum absolute atomic E-state index is 0.0890. The van der Waals surface area contributed by atoms with Gasteiger partial charge in [-0.05, 0) is 35.7 Å². The Morgan fingerprint density at radius 1 is 1.21 bits per heavy atom. The van der Waals surface area contributed by atoms with E-state index >= 15 is 0 Å². The molecule has 106 valence electrons. The smallest absolute Gasteiger partial charge is 0.152 e. The van der Waals surface area contributed by atoms with Crippen LogP contribution in [0, 0.1) is 11.8 Å². The van der Waals surface area contributed by atoms with Gasteiger partial charge >= 0.3 is 0 Å². The molecule has 0 saturated heterocycles. The summed E-state index contributed by atoms with van der Waals surface area (Å²) < 4.78 is 5.66. The first-order valence-electron chi connectivity index (χ1n) is 7.16. The van der Waals surface area contributed by atoms with Crippen LogP contribution in [-0.4, -0.2) is 11.0 Å². The summed E-state index contributed by atoms with van der Waals surface area (Å²) in [6.45, 7) is 6.89. The monoisotopic (exact) mass is 280 g/mol. The van der Waals surface area contributed by atoms with E-state index < -0.39 is 9.03 Å². The average molecular weight is 280 g/mol. The quantitative estimate of drug-likeness (QED) is 0.834. The van der Waals surface area contributed by atoms with Crippen molar-refractivity contribution in [1.29, 1.82) is 0 Å². The highest BCUT2D eigenvalue weighted by Gasteiger charge is 2.40. The Hall–Kier alpha value is -0.430. The van der Waals surface area contributed by atoms with Gasteiger partial charge in [0, 0.05) is 0 Å². The Kier molecular flexibility index (Phi) is 5.00. The zero-order chi connectivity index (χ0) is 13.9. The minimum Gasteiger partial charge on any atom is -0.352 e. The second-order valence-corrected chi connectivity index (χ2v) is 6.78. The Balaban J connectivity index is 2.22. The lowest BCUT2D eigenvalue weighted by molar-refractivity contribution is 0.0381. The number of hydrogen-bond donors (Lipinski definition) is 1. The van der Waals surface area contributed by atoms with Crippen LogP contribution in [0.5, 0.6) is 0 Å². The standard InChI is InChI=1S/C16H25O2P/c1-12-9-10-14(15(11-12)18-19-17)16(2,3)13-7-5-4-6-8-13/h4-8,12,14-15,17,19H,9-11H2,1-3H3/t12-,14-,15-/m1/s1. The van der Waals surface area contributed by atoms with Crippen molar-refractivity contribution in [1.82, 2.24) is 0 Å². The zero-order valence-electron chi connectivity index (χ0n) is 12.1. The maximum absolute atomic E-state index is 9.16. The van der Waals surface area contributed by atoms with Gasteiger partial charge in [-0.1, -0.05) is 57.5 Å². The lowest BCUT2D eigenvalue weighted by atomic mass is 9.64. The first kappa shape index (κ1) is 15.0. The Morgan fingerprint density at radius 3 is 2.53 bits per heavy atom. The van der Waals surface area contributed by atoms with Gasteiger partial charge in [0.2, 0.25) is 0 Å². The minimum atomic E-state index is -0.399. The second-order valence-electron chi connectivity index (χ2n) is 6.36. The summed E-state index contributed by atoms with van der Waals surface area (Å²) in [7, 11) is -0.399. The molecule has 0 spiro atoms. The van der Waals surface area contributed by atoms with Gasteiger partial charge in [-0.25, -0.2) is 0 Å². The van der Waals surface area contributed by atoms with Crippen molar-refractivity contribution in [2.24, 2.45) is 11.8 Å². The van der Waals surface area contributed by atoms with Gasteiger partial charge in [0.25, 0.3) is 0 Å². The van der Waals surface area contributed by atoms with Crippen LogP contribution in [0.1, 0.15) is 45.6 Å².